The maximum atomic E-state index is 13.3. The zero-order chi connectivity index (χ0) is 22.3. The Kier molecular flexibility index (Phi) is 5.35. The predicted octanol–water partition coefficient (Wildman–Crippen LogP) is 2.48. The van der Waals surface area contributed by atoms with Crippen LogP contribution in [0.3, 0.4) is 0 Å². The highest BCUT2D eigenvalue weighted by Gasteiger charge is 2.31. The molecule has 166 valence electrons. The quantitative estimate of drug-likeness (QED) is 0.439. The molecular weight excluding hydrogens is 453 g/mol. The molecule has 1 saturated heterocycles. The van der Waals surface area contributed by atoms with E-state index in [9.17, 15) is 12.8 Å². The number of hydrogen-bond donors (Lipinski definition) is 0. The van der Waals surface area contributed by atoms with Crippen LogP contribution in [0.5, 0.6) is 0 Å². The lowest BCUT2D eigenvalue weighted by atomic mass is 10.3. The van der Waals surface area contributed by atoms with Crippen LogP contribution in [0.4, 0.5) is 10.2 Å². The molecule has 1 aromatic carbocycles. The number of aryl methyl sites for hydroxylation is 1. The Balaban J connectivity index is 1.38. The number of sulfonamides is 1. The van der Waals surface area contributed by atoms with E-state index < -0.39 is 10.0 Å². The van der Waals surface area contributed by atoms with Gasteiger partial charge in [0.1, 0.15) is 16.4 Å². The van der Waals surface area contributed by atoms with Gasteiger partial charge in [-0.1, -0.05) is 12.1 Å². The second-order valence-electron chi connectivity index (χ2n) is 7.31. The summed E-state index contributed by atoms with van der Waals surface area (Å²) in [7, 11) is -3.51. The molecule has 0 N–H and O–H groups in total. The van der Waals surface area contributed by atoms with Gasteiger partial charge in [0.05, 0.1) is 5.69 Å². The van der Waals surface area contributed by atoms with E-state index >= 15 is 0 Å². The fourth-order valence-corrected chi connectivity index (χ4v) is 6.55. The molecule has 0 aliphatic carbocycles. The third-order valence-corrected chi connectivity index (χ3v) is 9.00. The molecule has 5 rings (SSSR count). The van der Waals surface area contributed by atoms with Crippen molar-refractivity contribution < 1.29 is 12.8 Å². The highest BCUT2D eigenvalue weighted by molar-refractivity contribution is 7.91. The van der Waals surface area contributed by atoms with Crippen molar-refractivity contribution in [2.75, 3.05) is 31.1 Å². The lowest BCUT2D eigenvalue weighted by molar-refractivity contribution is 0.385. The van der Waals surface area contributed by atoms with Gasteiger partial charge in [-0.2, -0.15) is 8.99 Å². The lowest BCUT2D eigenvalue weighted by Crippen LogP contribution is -2.48. The minimum atomic E-state index is -3.51. The Morgan fingerprint density at radius 2 is 1.78 bits per heavy atom. The summed E-state index contributed by atoms with van der Waals surface area (Å²) in [5.74, 6) is 0.263. The molecule has 0 saturated carbocycles. The first kappa shape index (κ1) is 20.9. The van der Waals surface area contributed by atoms with Gasteiger partial charge in [-0.05, 0) is 42.8 Å². The van der Waals surface area contributed by atoms with Gasteiger partial charge in [0.2, 0.25) is 0 Å². The molecule has 32 heavy (non-hydrogen) atoms. The fraction of sp³-hybridized carbons (Fsp3) is 0.300. The largest absolute Gasteiger partial charge is 0.352 e. The standard InChI is InChI=1S/C20H20FN7O2S2/c1-2-16-7-8-17(31-16)32(29,30)27-11-9-26(10-12-27)19-18-20(23-13-22-19)28(25-24-18)15-5-3-14(21)4-6-15/h3-8,13H,2,9-12H2,1H3. The van der Waals surface area contributed by atoms with Crippen molar-refractivity contribution in [3.05, 3.63) is 53.4 Å². The zero-order valence-corrected chi connectivity index (χ0v) is 18.9. The van der Waals surface area contributed by atoms with Crippen LogP contribution in [0.25, 0.3) is 16.9 Å². The fourth-order valence-electron chi connectivity index (χ4n) is 3.68. The molecule has 1 aliphatic rings. The van der Waals surface area contributed by atoms with Crippen LogP contribution in [-0.2, 0) is 16.4 Å². The highest BCUT2D eigenvalue weighted by Crippen LogP contribution is 2.28. The maximum absolute atomic E-state index is 13.3. The maximum Gasteiger partial charge on any atom is 0.252 e. The smallest absolute Gasteiger partial charge is 0.252 e. The summed E-state index contributed by atoms with van der Waals surface area (Å²) in [6.45, 7) is 3.65. The Hall–Kier alpha value is -2.96. The van der Waals surface area contributed by atoms with E-state index in [0.717, 1.165) is 11.3 Å². The van der Waals surface area contributed by atoms with Gasteiger partial charge in [-0.15, -0.1) is 16.4 Å². The molecule has 0 radical (unpaired) electrons. The number of hydrogen-bond acceptors (Lipinski definition) is 8. The summed E-state index contributed by atoms with van der Waals surface area (Å²) in [5.41, 5.74) is 1.65. The monoisotopic (exact) mass is 473 g/mol. The van der Waals surface area contributed by atoms with E-state index in [-0.39, 0.29) is 5.82 Å². The van der Waals surface area contributed by atoms with E-state index in [4.69, 9.17) is 0 Å². The summed E-state index contributed by atoms with van der Waals surface area (Å²) >= 11 is 1.33. The summed E-state index contributed by atoms with van der Waals surface area (Å²) in [5, 5.41) is 8.41. The van der Waals surface area contributed by atoms with E-state index in [2.05, 4.69) is 20.3 Å². The van der Waals surface area contributed by atoms with Crippen molar-refractivity contribution in [3.63, 3.8) is 0 Å². The number of fused-ring (bicyclic) bond motifs is 1. The Morgan fingerprint density at radius 1 is 1.03 bits per heavy atom. The van der Waals surface area contributed by atoms with Crippen molar-refractivity contribution in [3.8, 4) is 5.69 Å². The summed E-state index contributed by atoms with van der Waals surface area (Å²) < 4.78 is 42.7. The molecule has 4 aromatic rings. The molecule has 0 amide bonds. The number of aromatic nitrogens is 5. The second kappa shape index (κ2) is 8.19. The van der Waals surface area contributed by atoms with Crippen molar-refractivity contribution in [2.24, 2.45) is 0 Å². The first-order valence-corrected chi connectivity index (χ1v) is 12.4. The van der Waals surface area contributed by atoms with E-state index in [0.29, 0.717) is 53.1 Å². The summed E-state index contributed by atoms with van der Waals surface area (Å²) in [4.78, 5) is 11.7. The summed E-state index contributed by atoms with van der Waals surface area (Å²) in [6.07, 6.45) is 2.25. The van der Waals surface area contributed by atoms with E-state index in [1.807, 2.05) is 17.9 Å². The first-order valence-electron chi connectivity index (χ1n) is 10.1. The topological polar surface area (TPSA) is 97.1 Å². The average molecular weight is 474 g/mol. The van der Waals surface area contributed by atoms with Gasteiger partial charge in [0, 0.05) is 31.1 Å². The number of anilines is 1. The molecule has 0 atom stereocenters. The van der Waals surface area contributed by atoms with Crippen LogP contribution in [0.1, 0.15) is 11.8 Å². The minimum absolute atomic E-state index is 0.338. The number of piperazine rings is 1. The molecule has 1 aliphatic heterocycles. The predicted molar refractivity (Wildman–Crippen MR) is 119 cm³/mol. The van der Waals surface area contributed by atoms with Crippen LogP contribution in [-0.4, -0.2) is 63.9 Å². The average Bonchev–Trinajstić information content (AvgIpc) is 3.47. The van der Waals surface area contributed by atoms with Gasteiger partial charge in [0.15, 0.2) is 17.0 Å². The highest BCUT2D eigenvalue weighted by atomic mass is 32.2. The third kappa shape index (κ3) is 3.63. The third-order valence-electron chi connectivity index (χ3n) is 5.41. The molecule has 0 bridgehead atoms. The molecule has 4 heterocycles. The summed E-state index contributed by atoms with van der Waals surface area (Å²) in [6, 6.07) is 9.46. The zero-order valence-electron chi connectivity index (χ0n) is 17.2. The molecule has 0 unspecified atom stereocenters. The van der Waals surface area contributed by atoms with Crippen LogP contribution in [0.2, 0.25) is 0 Å². The number of rotatable bonds is 5. The van der Waals surface area contributed by atoms with Crippen molar-refractivity contribution >= 4 is 38.3 Å². The molecule has 1 fully saturated rings. The Labute approximate surface area is 188 Å². The van der Waals surface area contributed by atoms with E-state index in [1.165, 1.54) is 38.8 Å². The van der Waals surface area contributed by atoms with Crippen LogP contribution < -0.4 is 4.90 Å². The number of thiophene rings is 1. The molecule has 12 heteroatoms. The number of benzene rings is 1. The number of halogens is 1. The van der Waals surface area contributed by atoms with Gasteiger partial charge >= 0.3 is 0 Å². The van der Waals surface area contributed by atoms with Crippen molar-refractivity contribution in [1.29, 1.82) is 0 Å². The van der Waals surface area contributed by atoms with Crippen LogP contribution >= 0.6 is 11.3 Å². The Morgan fingerprint density at radius 3 is 2.47 bits per heavy atom. The first-order chi connectivity index (χ1) is 15.5. The van der Waals surface area contributed by atoms with Crippen molar-refractivity contribution in [2.45, 2.75) is 17.6 Å². The molecule has 9 nitrogen and oxygen atoms in total. The lowest BCUT2D eigenvalue weighted by Gasteiger charge is -2.34. The molecular formula is C20H20FN7O2S2. The molecule has 3 aromatic heterocycles. The van der Waals surface area contributed by atoms with Gasteiger partial charge in [-0.25, -0.2) is 22.8 Å². The normalized spacial score (nSPS) is 15.5. The van der Waals surface area contributed by atoms with Crippen LogP contribution in [0.15, 0.2) is 46.9 Å². The minimum Gasteiger partial charge on any atom is -0.352 e. The SMILES string of the molecule is CCc1ccc(S(=O)(=O)N2CCN(c3ncnc4c3nnn4-c3ccc(F)cc3)CC2)s1. The van der Waals surface area contributed by atoms with Gasteiger partial charge in [-0.3, -0.25) is 0 Å². The van der Waals surface area contributed by atoms with Crippen molar-refractivity contribution in [1.82, 2.24) is 29.3 Å². The molecule has 0 spiro atoms. The van der Waals surface area contributed by atoms with Crippen LogP contribution in [0, 0.1) is 5.82 Å². The van der Waals surface area contributed by atoms with Gasteiger partial charge < -0.3 is 4.90 Å². The second-order valence-corrected chi connectivity index (χ2v) is 10.6. The van der Waals surface area contributed by atoms with E-state index in [1.54, 1.807) is 18.2 Å². The number of nitrogens with zero attached hydrogens (tertiary/aromatic N) is 7. The van der Waals surface area contributed by atoms with Gasteiger partial charge in [0.25, 0.3) is 10.0 Å². The Bertz CT molecular complexity index is 1360.